The Balaban J connectivity index is 1.79. The van der Waals surface area contributed by atoms with E-state index in [0.29, 0.717) is 18.0 Å². The molecule has 0 saturated heterocycles. The number of anilines is 1. The molecule has 0 unspecified atom stereocenters. The smallest absolute Gasteiger partial charge is 0.226 e. The second kappa shape index (κ2) is 6.55. The van der Waals surface area contributed by atoms with Crippen molar-refractivity contribution in [1.29, 1.82) is 0 Å². The van der Waals surface area contributed by atoms with Gasteiger partial charge in [-0.2, -0.15) is 0 Å². The Hall–Kier alpha value is -1.34. The fraction of sp³-hybridized carbons (Fsp3) is 0.364. The van der Waals surface area contributed by atoms with Crippen molar-refractivity contribution >= 4 is 34.1 Å². The molecular formula is C11H13N3O2S2. The zero-order valence-corrected chi connectivity index (χ0v) is 11.5. The molecule has 1 amide bonds. The summed E-state index contributed by atoms with van der Waals surface area (Å²) in [4.78, 5) is 11.7. The highest BCUT2D eigenvalue weighted by Crippen LogP contribution is 2.25. The van der Waals surface area contributed by atoms with Gasteiger partial charge < -0.3 is 9.73 Å². The lowest BCUT2D eigenvalue weighted by Gasteiger charge is -1.98. The van der Waals surface area contributed by atoms with Gasteiger partial charge >= 0.3 is 0 Å². The van der Waals surface area contributed by atoms with E-state index in [-0.39, 0.29) is 5.91 Å². The highest BCUT2D eigenvalue weighted by molar-refractivity contribution is 8.01. The number of furan rings is 1. The molecule has 1 N–H and O–H groups in total. The van der Waals surface area contributed by atoms with Crippen LogP contribution in [-0.4, -0.2) is 21.9 Å². The van der Waals surface area contributed by atoms with Crippen LogP contribution in [0.2, 0.25) is 0 Å². The predicted octanol–water partition coefficient (Wildman–Crippen LogP) is 2.81. The van der Waals surface area contributed by atoms with Gasteiger partial charge in [0, 0.05) is 12.8 Å². The summed E-state index contributed by atoms with van der Waals surface area (Å²) >= 11 is 3.01. The Bertz CT molecular complexity index is 496. The summed E-state index contributed by atoms with van der Waals surface area (Å²) in [6.07, 6.45) is 2.57. The zero-order valence-electron chi connectivity index (χ0n) is 9.88. The monoisotopic (exact) mass is 283 g/mol. The summed E-state index contributed by atoms with van der Waals surface area (Å²) in [7, 11) is 0. The molecule has 0 aliphatic heterocycles. The molecule has 2 aromatic rings. The number of carbonyl (C=O) groups is 1. The van der Waals surface area contributed by atoms with Gasteiger partial charge in [0.25, 0.3) is 0 Å². The first-order valence-corrected chi connectivity index (χ1v) is 7.36. The first kappa shape index (κ1) is 13.1. The standard InChI is InChI=1S/C11H13N3O2S2/c1-2-17-11-14-13-10(18-11)12-9(15)6-5-8-4-3-7-16-8/h3-4,7H,2,5-6H2,1H3,(H,12,13,15). The van der Waals surface area contributed by atoms with Crippen LogP contribution in [-0.2, 0) is 11.2 Å². The molecule has 18 heavy (non-hydrogen) atoms. The van der Waals surface area contributed by atoms with Gasteiger partial charge in [0.15, 0.2) is 4.34 Å². The Kier molecular flexibility index (Phi) is 4.77. The van der Waals surface area contributed by atoms with E-state index in [2.05, 4.69) is 15.5 Å². The van der Waals surface area contributed by atoms with Gasteiger partial charge in [-0.3, -0.25) is 4.79 Å². The van der Waals surface area contributed by atoms with Gasteiger partial charge in [-0.05, 0) is 17.9 Å². The number of hydrogen-bond acceptors (Lipinski definition) is 6. The van der Waals surface area contributed by atoms with Crippen LogP contribution >= 0.6 is 23.1 Å². The van der Waals surface area contributed by atoms with Crippen LogP contribution in [0.1, 0.15) is 19.1 Å². The number of nitrogens with one attached hydrogen (secondary N) is 1. The van der Waals surface area contributed by atoms with E-state index in [1.165, 1.54) is 11.3 Å². The van der Waals surface area contributed by atoms with Crippen LogP contribution in [0.4, 0.5) is 5.13 Å². The largest absolute Gasteiger partial charge is 0.469 e. The van der Waals surface area contributed by atoms with Crippen LogP contribution in [0.15, 0.2) is 27.2 Å². The van der Waals surface area contributed by atoms with Crippen LogP contribution in [0.3, 0.4) is 0 Å². The Labute approximate surface area is 113 Å². The third-order valence-electron chi connectivity index (χ3n) is 2.10. The van der Waals surface area contributed by atoms with Crippen LogP contribution in [0.5, 0.6) is 0 Å². The van der Waals surface area contributed by atoms with Gasteiger partial charge in [0.2, 0.25) is 11.0 Å². The third kappa shape index (κ3) is 3.85. The summed E-state index contributed by atoms with van der Waals surface area (Å²) < 4.78 is 6.04. The number of hydrogen-bond donors (Lipinski definition) is 1. The van der Waals surface area contributed by atoms with Gasteiger partial charge in [0.1, 0.15) is 5.76 Å². The summed E-state index contributed by atoms with van der Waals surface area (Å²) in [6, 6.07) is 3.67. The Morgan fingerprint density at radius 2 is 2.44 bits per heavy atom. The van der Waals surface area contributed by atoms with Crippen LogP contribution < -0.4 is 5.32 Å². The maximum atomic E-state index is 11.7. The molecule has 2 heterocycles. The number of thioether (sulfide) groups is 1. The Morgan fingerprint density at radius 3 is 3.17 bits per heavy atom. The van der Waals surface area contributed by atoms with Gasteiger partial charge in [-0.1, -0.05) is 30.0 Å². The Morgan fingerprint density at radius 1 is 1.56 bits per heavy atom. The number of aryl methyl sites for hydroxylation is 1. The number of aromatic nitrogens is 2. The number of rotatable bonds is 6. The quantitative estimate of drug-likeness (QED) is 0.652. The third-order valence-corrected chi connectivity index (χ3v) is 3.95. The summed E-state index contributed by atoms with van der Waals surface area (Å²) in [5, 5.41) is 11.2. The van der Waals surface area contributed by atoms with E-state index in [1.54, 1.807) is 18.0 Å². The molecule has 0 radical (unpaired) electrons. The first-order chi connectivity index (χ1) is 8.78. The minimum atomic E-state index is -0.0735. The van der Waals surface area contributed by atoms with E-state index in [1.807, 2.05) is 19.1 Å². The maximum absolute atomic E-state index is 11.7. The lowest BCUT2D eigenvalue weighted by molar-refractivity contribution is -0.116. The number of carbonyl (C=O) groups excluding carboxylic acids is 1. The van der Waals surface area contributed by atoms with E-state index in [0.717, 1.165) is 15.9 Å². The molecular weight excluding hydrogens is 270 g/mol. The van der Waals surface area contributed by atoms with Crippen molar-refractivity contribution in [2.75, 3.05) is 11.1 Å². The predicted molar refractivity (Wildman–Crippen MR) is 72.0 cm³/mol. The van der Waals surface area contributed by atoms with Crippen LogP contribution in [0.25, 0.3) is 0 Å². The highest BCUT2D eigenvalue weighted by atomic mass is 32.2. The van der Waals surface area contributed by atoms with Crippen molar-refractivity contribution in [2.24, 2.45) is 0 Å². The second-order valence-corrected chi connectivity index (χ2v) is 5.92. The molecule has 0 saturated carbocycles. The molecule has 96 valence electrons. The SMILES string of the molecule is CCSc1nnc(NC(=O)CCc2ccco2)s1. The van der Waals surface area contributed by atoms with E-state index in [4.69, 9.17) is 4.42 Å². The summed E-state index contributed by atoms with van der Waals surface area (Å²) in [5.74, 6) is 1.68. The summed E-state index contributed by atoms with van der Waals surface area (Å²) in [5.41, 5.74) is 0. The molecule has 2 rings (SSSR count). The molecule has 7 heteroatoms. The molecule has 0 bridgehead atoms. The van der Waals surface area contributed by atoms with E-state index < -0.39 is 0 Å². The average Bonchev–Trinajstić information content (AvgIpc) is 2.99. The molecule has 0 aromatic carbocycles. The van der Waals surface area contributed by atoms with E-state index in [9.17, 15) is 4.79 Å². The fourth-order valence-corrected chi connectivity index (χ4v) is 2.98. The zero-order chi connectivity index (χ0) is 12.8. The first-order valence-electron chi connectivity index (χ1n) is 5.56. The van der Waals surface area contributed by atoms with E-state index >= 15 is 0 Å². The van der Waals surface area contributed by atoms with Gasteiger partial charge in [-0.25, -0.2) is 0 Å². The number of nitrogens with zero attached hydrogens (tertiary/aromatic N) is 2. The molecule has 0 aliphatic carbocycles. The highest BCUT2D eigenvalue weighted by Gasteiger charge is 2.08. The molecule has 0 atom stereocenters. The van der Waals surface area contributed by atoms with Crippen LogP contribution in [0, 0.1) is 0 Å². The number of amides is 1. The maximum Gasteiger partial charge on any atom is 0.226 e. The van der Waals surface area contributed by atoms with Crippen molar-refractivity contribution in [3.8, 4) is 0 Å². The van der Waals surface area contributed by atoms with Crippen molar-refractivity contribution in [1.82, 2.24) is 10.2 Å². The minimum Gasteiger partial charge on any atom is -0.469 e. The molecule has 0 fully saturated rings. The molecule has 0 aliphatic rings. The average molecular weight is 283 g/mol. The molecule has 5 nitrogen and oxygen atoms in total. The van der Waals surface area contributed by atoms with Crippen molar-refractivity contribution in [3.63, 3.8) is 0 Å². The topological polar surface area (TPSA) is 68.0 Å². The lowest BCUT2D eigenvalue weighted by Crippen LogP contribution is -2.11. The van der Waals surface area contributed by atoms with Gasteiger partial charge in [-0.15, -0.1) is 10.2 Å². The van der Waals surface area contributed by atoms with Crippen molar-refractivity contribution in [3.05, 3.63) is 24.2 Å². The summed E-state index contributed by atoms with van der Waals surface area (Å²) in [6.45, 7) is 2.05. The van der Waals surface area contributed by atoms with Crippen molar-refractivity contribution in [2.45, 2.75) is 24.1 Å². The normalized spacial score (nSPS) is 10.5. The van der Waals surface area contributed by atoms with Crippen molar-refractivity contribution < 1.29 is 9.21 Å². The molecule has 2 aromatic heterocycles. The van der Waals surface area contributed by atoms with Gasteiger partial charge in [0.05, 0.1) is 6.26 Å². The second-order valence-electron chi connectivity index (χ2n) is 3.43. The fourth-order valence-electron chi connectivity index (χ4n) is 1.32. The lowest BCUT2D eigenvalue weighted by atomic mass is 10.2. The molecule has 0 spiro atoms. The minimum absolute atomic E-state index is 0.0735.